The molecule has 1 aromatic rings. The van der Waals surface area contributed by atoms with Gasteiger partial charge < -0.3 is 19.9 Å². The van der Waals surface area contributed by atoms with Crippen LogP contribution in [0.1, 0.15) is 37.7 Å². The van der Waals surface area contributed by atoms with Gasteiger partial charge in [0.2, 0.25) is 0 Å². The highest BCUT2D eigenvalue weighted by atomic mass is 127. The minimum atomic E-state index is -2.80. The summed E-state index contributed by atoms with van der Waals surface area (Å²) in [6, 6.07) is 6.69. The van der Waals surface area contributed by atoms with Crippen molar-refractivity contribution < 1.29 is 13.5 Å². The number of ether oxygens (including phenoxy) is 1. The Morgan fingerprint density at radius 1 is 1.04 bits per heavy atom. The molecule has 162 valence electrons. The first-order valence-electron chi connectivity index (χ1n) is 9.52. The third-order valence-corrected chi connectivity index (χ3v) is 4.21. The van der Waals surface area contributed by atoms with Crippen LogP contribution in [0.2, 0.25) is 0 Å². The van der Waals surface area contributed by atoms with Gasteiger partial charge >= 0.3 is 6.61 Å². The van der Waals surface area contributed by atoms with Gasteiger partial charge in [-0.05, 0) is 51.2 Å². The van der Waals surface area contributed by atoms with Gasteiger partial charge in [0.25, 0.3) is 0 Å². The second-order valence-electron chi connectivity index (χ2n) is 6.92. The molecule has 1 aromatic carbocycles. The highest BCUT2D eigenvalue weighted by Crippen LogP contribution is 2.15. The van der Waals surface area contributed by atoms with E-state index >= 15 is 0 Å². The standard InChI is InChI=1S/C20H34F2N4O.HI/c1-23-20(24-14-8-6-5-7-9-15-25(2)3)26(4)16-17-10-12-18(13-11-17)27-19(21)22;/h10-13,19H,5-9,14-16H2,1-4H3,(H,23,24);1H. The van der Waals surface area contributed by atoms with Crippen molar-refractivity contribution in [1.29, 1.82) is 0 Å². The maximum absolute atomic E-state index is 12.2. The van der Waals surface area contributed by atoms with Gasteiger partial charge in [0, 0.05) is 27.2 Å². The lowest BCUT2D eigenvalue weighted by Crippen LogP contribution is -2.38. The number of benzene rings is 1. The van der Waals surface area contributed by atoms with E-state index in [1.807, 2.05) is 11.9 Å². The summed E-state index contributed by atoms with van der Waals surface area (Å²) in [4.78, 5) is 8.55. The Morgan fingerprint density at radius 3 is 2.21 bits per heavy atom. The summed E-state index contributed by atoms with van der Waals surface area (Å²) in [5.41, 5.74) is 1.00. The predicted octanol–water partition coefficient (Wildman–Crippen LogP) is 4.43. The average molecular weight is 512 g/mol. The second kappa shape index (κ2) is 15.7. The molecule has 5 nitrogen and oxygen atoms in total. The minimum Gasteiger partial charge on any atom is -0.435 e. The van der Waals surface area contributed by atoms with Crippen molar-refractivity contribution in [3.8, 4) is 5.75 Å². The van der Waals surface area contributed by atoms with Crippen LogP contribution >= 0.6 is 24.0 Å². The molecule has 0 amide bonds. The van der Waals surface area contributed by atoms with Gasteiger partial charge in [-0.25, -0.2) is 0 Å². The first kappa shape index (κ1) is 26.8. The first-order chi connectivity index (χ1) is 12.9. The molecule has 1 N–H and O–H groups in total. The number of hydrogen-bond acceptors (Lipinski definition) is 3. The van der Waals surface area contributed by atoms with Crippen LogP contribution in [0.15, 0.2) is 29.3 Å². The summed E-state index contributed by atoms with van der Waals surface area (Å²) < 4.78 is 28.8. The Balaban J connectivity index is 0.00000729. The van der Waals surface area contributed by atoms with E-state index in [9.17, 15) is 8.78 Å². The van der Waals surface area contributed by atoms with E-state index in [0.29, 0.717) is 6.54 Å². The van der Waals surface area contributed by atoms with Crippen LogP contribution in [-0.4, -0.2) is 63.7 Å². The van der Waals surface area contributed by atoms with Gasteiger partial charge in [-0.15, -0.1) is 24.0 Å². The average Bonchev–Trinajstić information content (AvgIpc) is 2.61. The van der Waals surface area contributed by atoms with Crippen molar-refractivity contribution in [1.82, 2.24) is 15.1 Å². The topological polar surface area (TPSA) is 40.1 Å². The summed E-state index contributed by atoms with van der Waals surface area (Å²) >= 11 is 0. The Bertz CT molecular complexity index is 542. The van der Waals surface area contributed by atoms with E-state index in [2.05, 4.69) is 34.0 Å². The largest absolute Gasteiger partial charge is 0.435 e. The third kappa shape index (κ3) is 12.3. The number of aliphatic imine (C=N–C) groups is 1. The number of alkyl halides is 2. The van der Waals surface area contributed by atoms with E-state index in [-0.39, 0.29) is 29.7 Å². The molecule has 0 aromatic heterocycles. The van der Waals surface area contributed by atoms with Crippen LogP contribution in [0.4, 0.5) is 8.78 Å². The lowest BCUT2D eigenvalue weighted by molar-refractivity contribution is -0.0498. The maximum atomic E-state index is 12.2. The van der Waals surface area contributed by atoms with Crippen LogP contribution < -0.4 is 10.1 Å². The van der Waals surface area contributed by atoms with E-state index in [1.54, 1.807) is 31.3 Å². The molecule has 0 aliphatic rings. The van der Waals surface area contributed by atoms with Crippen molar-refractivity contribution in [3.63, 3.8) is 0 Å². The number of hydrogen-bond donors (Lipinski definition) is 1. The Kier molecular flexibility index (Phi) is 15.1. The van der Waals surface area contributed by atoms with E-state index in [0.717, 1.165) is 31.0 Å². The van der Waals surface area contributed by atoms with Gasteiger partial charge in [-0.2, -0.15) is 8.78 Å². The zero-order chi connectivity index (χ0) is 20.1. The number of unbranched alkanes of at least 4 members (excludes halogenated alkanes) is 4. The Morgan fingerprint density at radius 2 is 1.64 bits per heavy atom. The lowest BCUT2D eigenvalue weighted by Gasteiger charge is -2.22. The second-order valence-corrected chi connectivity index (χ2v) is 6.92. The number of nitrogens with zero attached hydrogens (tertiary/aromatic N) is 3. The molecular weight excluding hydrogens is 477 g/mol. The van der Waals surface area contributed by atoms with Gasteiger partial charge in [0.1, 0.15) is 5.75 Å². The molecule has 8 heteroatoms. The first-order valence-corrected chi connectivity index (χ1v) is 9.52. The van der Waals surface area contributed by atoms with Crippen molar-refractivity contribution in [2.45, 2.75) is 45.3 Å². The fourth-order valence-electron chi connectivity index (χ4n) is 2.79. The monoisotopic (exact) mass is 512 g/mol. The zero-order valence-corrected chi connectivity index (χ0v) is 19.8. The highest BCUT2D eigenvalue weighted by Gasteiger charge is 2.08. The van der Waals surface area contributed by atoms with Crippen LogP contribution in [0, 0.1) is 0 Å². The fourth-order valence-corrected chi connectivity index (χ4v) is 2.79. The Labute approximate surface area is 185 Å². The van der Waals surface area contributed by atoms with E-state index < -0.39 is 6.61 Å². The SMILES string of the molecule is CN=C(NCCCCCCCN(C)C)N(C)Cc1ccc(OC(F)F)cc1.I. The summed E-state index contributed by atoms with van der Waals surface area (Å²) in [5.74, 6) is 1.00. The smallest absolute Gasteiger partial charge is 0.387 e. The van der Waals surface area contributed by atoms with Gasteiger partial charge in [-0.3, -0.25) is 4.99 Å². The van der Waals surface area contributed by atoms with Gasteiger partial charge in [0.05, 0.1) is 0 Å². The molecule has 28 heavy (non-hydrogen) atoms. The number of rotatable bonds is 12. The third-order valence-electron chi connectivity index (χ3n) is 4.21. The molecule has 0 aliphatic heterocycles. The molecule has 0 heterocycles. The van der Waals surface area contributed by atoms with E-state index in [1.165, 1.54) is 25.7 Å². The summed E-state index contributed by atoms with van der Waals surface area (Å²) in [6.45, 7) is -0.106. The molecule has 0 aliphatic carbocycles. The highest BCUT2D eigenvalue weighted by molar-refractivity contribution is 14.0. The molecule has 0 atom stereocenters. The maximum Gasteiger partial charge on any atom is 0.387 e. The van der Waals surface area contributed by atoms with Crippen molar-refractivity contribution >= 4 is 29.9 Å². The fraction of sp³-hybridized carbons (Fsp3) is 0.650. The number of nitrogens with one attached hydrogen (secondary N) is 1. The molecule has 0 spiro atoms. The summed E-state index contributed by atoms with van der Waals surface area (Å²) in [7, 11) is 7.94. The van der Waals surface area contributed by atoms with Crippen LogP contribution in [-0.2, 0) is 6.54 Å². The van der Waals surface area contributed by atoms with Crippen LogP contribution in [0.3, 0.4) is 0 Å². The minimum absolute atomic E-state index is 0. The number of halogens is 3. The molecule has 0 radical (unpaired) electrons. The van der Waals surface area contributed by atoms with Gasteiger partial charge in [0.15, 0.2) is 5.96 Å². The molecular formula is C20H35F2IN4O. The predicted molar refractivity (Wildman–Crippen MR) is 123 cm³/mol. The number of guanidine groups is 1. The van der Waals surface area contributed by atoms with Crippen LogP contribution in [0.25, 0.3) is 0 Å². The van der Waals surface area contributed by atoms with Crippen molar-refractivity contribution in [2.75, 3.05) is 41.3 Å². The normalized spacial score (nSPS) is 11.5. The zero-order valence-electron chi connectivity index (χ0n) is 17.5. The molecule has 0 bridgehead atoms. The quantitative estimate of drug-likeness (QED) is 0.195. The van der Waals surface area contributed by atoms with Crippen LogP contribution in [0.5, 0.6) is 5.75 Å². The van der Waals surface area contributed by atoms with Crippen molar-refractivity contribution in [3.05, 3.63) is 29.8 Å². The molecule has 0 saturated heterocycles. The Hall–Kier alpha value is -1.16. The van der Waals surface area contributed by atoms with Gasteiger partial charge in [-0.1, -0.05) is 31.4 Å². The molecule has 0 saturated carbocycles. The lowest BCUT2D eigenvalue weighted by atomic mass is 10.1. The molecule has 1 rings (SSSR count). The molecule has 0 unspecified atom stereocenters. The molecule has 0 fully saturated rings. The van der Waals surface area contributed by atoms with E-state index in [4.69, 9.17) is 0 Å². The summed E-state index contributed by atoms with van der Waals surface area (Å²) in [5, 5.41) is 3.38. The van der Waals surface area contributed by atoms with Crippen molar-refractivity contribution in [2.24, 2.45) is 4.99 Å². The summed E-state index contributed by atoms with van der Waals surface area (Å²) in [6.07, 6.45) is 6.13.